The second-order valence-corrected chi connectivity index (χ2v) is 10.1. The molecule has 0 radical (unpaired) electrons. The summed E-state index contributed by atoms with van der Waals surface area (Å²) in [5.41, 5.74) is 14.7. The van der Waals surface area contributed by atoms with Gasteiger partial charge in [-0.15, -0.1) is 11.3 Å². The number of aryl methyl sites for hydroxylation is 1. The van der Waals surface area contributed by atoms with E-state index in [0.717, 1.165) is 32.3 Å². The summed E-state index contributed by atoms with van der Waals surface area (Å²) >= 11 is 1.62. The van der Waals surface area contributed by atoms with E-state index in [1.807, 2.05) is 66.0 Å². The first-order chi connectivity index (χ1) is 18.9. The molecular weight excluding hydrogens is 512 g/mol. The van der Waals surface area contributed by atoms with E-state index >= 15 is 0 Å². The second-order valence-electron chi connectivity index (χ2n) is 9.22. The Kier molecular flexibility index (Phi) is 9.66. The van der Waals surface area contributed by atoms with Crippen molar-refractivity contribution in [2.75, 3.05) is 6.61 Å². The zero-order valence-electron chi connectivity index (χ0n) is 21.5. The highest BCUT2D eigenvalue weighted by Crippen LogP contribution is 2.26. The van der Waals surface area contributed by atoms with Crippen molar-refractivity contribution in [3.8, 4) is 5.75 Å². The smallest absolute Gasteiger partial charge is 0.255 e. The average molecular weight is 545 g/mol. The molecule has 0 saturated carbocycles. The number of hydrogen-bond acceptors (Lipinski definition) is 6. The average Bonchev–Trinajstić information content (AvgIpc) is 3.37. The van der Waals surface area contributed by atoms with E-state index in [4.69, 9.17) is 16.2 Å². The molecule has 6 N–H and O–H groups in total. The molecule has 8 nitrogen and oxygen atoms in total. The van der Waals surface area contributed by atoms with Crippen LogP contribution >= 0.6 is 11.3 Å². The van der Waals surface area contributed by atoms with Crippen molar-refractivity contribution in [1.29, 1.82) is 0 Å². The van der Waals surface area contributed by atoms with Gasteiger partial charge in [0.1, 0.15) is 11.8 Å². The molecule has 1 aromatic heterocycles. The molecule has 0 aliphatic rings. The number of nitrogens with one attached hydrogen (secondary N) is 2. The lowest BCUT2D eigenvalue weighted by atomic mass is 10.0. The van der Waals surface area contributed by atoms with Crippen LogP contribution in [-0.2, 0) is 40.3 Å². The fourth-order valence-electron chi connectivity index (χ4n) is 4.16. The Labute approximate surface area is 231 Å². The fourth-order valence-corrected chi connectivity index (χ4v) is 5.13. The maximum absolute atomic E-state index is 13.3. The van der Waals surface area contributed by atoms with Gasteiger partial charge >= 0.3 is 0 Å². The van der Waals surface area contributed by atoms with Crippen LogP contribution in [0.4, 0.5) is 0 Å². The van der Waals surface area contributed by atoms with Crippen molar-refractivity contribution >= 4 is 39.1 Å². The van der Waals surface area contributed by atoms with Gasteiger partial charge in [0.25, 0.3) is 5.91 Å². The van der Waals surface area contributed by atoms with Gasteiger partial charge in [-0.2, -0.15) is 0 Å². The number of primary amides is 1. The van der Waals surface area contributed by atoms with Crippen LogP contribution < -0.4 is 26.8 Å². The summed E-state index contributed by atoms with van der Waals surface area (Å²) in [6, 6.07) is 22.2. The predicted octanol–water partition coefficient (Wildman–Crippen LogP) is 3.20. The standard InChI is InChI=1S/C30H32N4O4S/c31-16-21-5-7-22(8-6-21)17-33-30(37)26(15-23-19-39-27-4-2-1-3-25(23)27)34-29(36)14-11-20-9-12-24(13-10-20)38-18-28(32)35/h1-10,12-13,19,26H,11,14-18,31H2,(H2,32,35)(H,33,37)(H,34,36)/t26-/m0/s1. The molecule has 0 saturated heterocycles. The number of hydrogen-bond donors (Lipinski definition) is 4. The van der Waals surface area contributed by atoms with Crippen molar-refractivity contribution in [1.82, 2.24) is 10.6 Å². The Bertz CT molecular complexity index is 1420. The van der Waals surface area contributed by atoms with Crippen LogP contribution in [0.5, 0.6) is 5.75 Å². The fraction of sp³-hybridized carbons (Fsp3) is 0.233. The Balaban J connectivity index is 1.39. The van der Waals surface area contributed by atoms with Gasteiger partial charge in [-0.1, -0.05) is 54.6 Å². The number of carbonyl (C=O) groups excluding carboxylic acids is 3. The molecule has 4 rings (SSSR count). The number of benzene rings is 3. The van der Waals surface area contributed by atoms with Gasteiger partial charge in [0.05, 0.1) is 0 Å². The number of amides is 3. The van der Waals surface area contributed by atoms with Crippen molar-refractivity contribution < 1.29 is 19.1 Å². The van der Waals surface area contributed by atoms with E-state index in [9.17, 15) is 14.4 Å². The van der Waals surface area contributed by atoms with E-state index in [1.54, 1.807) is 23.5 Å². The number of ether oxygens (including phenoxy) is 1. The van der Waals surface area contributed by atoms with Crippen molar-refractivity contribution in [3.63, 3.8) is 0 Å². The van der Waals surface area contributed by atoms with Crippen molar-refractivity contribution in [2.45, 2.75) is 38.4 Å². The van der Waals surface area contributed by atoms with Crippen LogP contribution in [0.1, 0.15) is 28.7 Å². The molecule has 3 amide bonds. The van der Waals surface area contributed by atoms with Gasteiger partial charge in [0, 0.05) is 30.6 Å². The lowest BCUT2D eigenvalue weighted by molar-refractivity contribution is -0.129. The first-order valence-electron chi connectivity index (χ1n) is 12.7. The maximum Gasteiger partial charge on any atom is 0.255 e. The highest BCUT2D eigenvalue weighted by molar-refractivity contribution is 7.17. The predicted molar refractivity (Wildman–Crippen MR) is 153 cm³/mol. The third-order valence-electron chi connectivity index (χ3n) is 6.31. The number of carbonyl (C=O) groups is 3. The number of fused-ring (bicyclic) bond motifs is 1. The molecule has 0 aliphatic carbocycles. The van der Waals surface area contributed by atoms with E-state index in [0.29, 0.717) is 31.7 Å². The Hall–Kier alpha value is -4.21. The van der Waals surface area contributed by atoms with E-state index in [1.165, 1.54) is 0 Å². The Morgan fingerprint density at radius 3 is 2.31 bits per heavy atom. The number of thiophene rings is 1. The van der Waals surface area contributed by atoms with Crippen molar-refractivity contribution in [2.24, 2.45) is 11.5 Å². The second kappa shape index (κ2) is 13.5. The van der Waals surface area contributed by atoms with Gasteiger partial charge in [-0.3, -0.25) is 14.4 Å². The highest BCUT2D eigenvalue weighted by Gasteiger charge is 2.22. The third kappa shape index (κ3) is 8.13. The van der Waals surface area contributed by atoms with Gasteiger partial charge < -0.3 is 26.8 Å². The van der Waals surface area contributed by atoms with E-state index in [-0.39, 0.29) is 24.8 Å². The first-order valence-corrected chi connectivity index (χ1v) is 13.6. The maximum atomic E-state index is 13.3. The summed E-state index contributed by atoms with van der Waals surface area (Å²) in [5.74, 6) is -0.470. The van der Waals surface area contributed by atoms with Crippen LogP contribution in [-0.4, -0.2) is 30.4 Å². The van der Waals surface area contributed by atoms with Crippen LogP contribution in [0.15, 0.2) is 78.2 Å². The Morgan fingerprint density at radius 1 is 0.897 bits per heavy atom. The van der Waals surface area contributed by atoms with Crippen LogP contribution in [0.25, 0.3) is 10.1 Å². The molecule has 9 heteroatoms. The molecule has 4 aromatic rings. The van der Waals surface area contributed by atoms with Crippen molar-refractivity contribution in [3.05, 3.63) is 100 Å². The highest BCUT2D eigenvalue weighted by atomic mass is 32.1. The monoisotopic (exact) mass is 544 g/mol. The minimum absolute atomic E-state index is 0.191. The summed E-state index contributed by atoms with van der Waals surface area (Å²) in [6.07, 6.45) is 1.10. The van der Waals surface area contributed by atoms with Crippen LogP contribution in [0, 0.1) is 0 Å². The molecule has 39 heavy (non-hydrogen) atoms. The molecule has 0 unspecified atom stereocenters. The van der Waals surface area contributed by atoms with E-state index in [2.05, 4.69) is 10.6 Å². The summed E-state index contributed by atoms with van der Waals surface area (Å²) in [5, 5.41) is 9.06. The van der Waals surface area contributed by atoms with Gasteiger partial charge in [-0.05, 0) is 57.6 Å². The Morgan fingerprint density at radius 2 is 1.59 bits per heavy atom. The number of rotatable bonds is 13. The summed E-state index contributed by atoms with van der Waals surface area (Å²) in [6.45, 7) is 0.622. The van der Waals surface area contributed by atoms with Gasteiger partial charge in [-0.25, -0.2) is 0 Å². The lowest BCUT2D eigenvalue weighted by Gasteiger charge is -2.19. The van der Waals surface area contributed by atoms with Crippen LogP contribution in [0.3, 0.4) is 0 Å². The zero-order valence-corrected chi connectivity index (χ0v) is 22.3. The quantitative estimate of drug-likeness (QED) is 0.205. The normalized spacial score (nSPS) is 11.6. The molecule has 1 atom stereocenters. The molecule has 202 valence electrons. The summed E-state index contributed by atoms with van der Waals surface area (Å²) in [4.78, 5) is 37.1. The molecule has 0 aliphatic heterocycles. The lowest BCUT2D eigenvalue weighted by Crippen LogP contribution is -2.47. The minimum atomic E-state index is -0.719. The summed E-state index contributed by atoms with van der Waals surface area (Å²) < 4.78 is 6.41. The molecule has 0 spiro atoms. The molecule has 0 fully saturated rings. The number of nitrogens with two attached hydrogens (primary N) is 2. The van der Waals surface area contributed by atoms with Gasteiger partial charge in [0.15, 0.2) is 6.61 Å². The zero-order chi connectivity index (χ0) is 27.6. The van der Waals surface area contributed by atoms with E-state index < -0.39 is 11.9 Å². The third-order valence-corrected chi connectivity index (χ3v) is 7.32. The molecule has 3 aromatic carbocycles. The first kappa shape index (κ1) is 27.8. The topological polar surface area (TPSA) is 137 Å². The minimum Gasteiger partial charge on any atom is -0.484 e. The SMILES string of the molecule is NCc1ccc(CNC(=O)[C@H](Cc2csc3ccccc23)NC(=O)CCc2ccc(OCC(N)=O)cc2)cc1. The van der Waals surface area contributed by atoms with Crippen LogP contribution in [0.2, 0.25) is 0 Å². The largest absolute Gasteiger partial charge is 0.484 e. The molecular formula is C30H32N4O4S. The van der Waals surface area contributed by atoms with Gasteiger partial charge in [0.2, 0.25) is 11.8 Å². The summed E-state index contributed by atoms with van der Waals surface area (Å²) in [7, 11) is 0. The molecule has 0 bridgehead atoms. The molecule has 1 heterocycles.